The Hall–Kier alpha value is -3.49. The molecule has 0 bridgehead atoms. The van der Waals surface area contributed by atoms with Crippen molar-refractivity contribution in [3.8, 4) is 11.5 Å². The van der Waals surface area contributed by atoms with Crippen molar-refractivity contribution in [2.24, 2.45) is 0 Å². The maximum atomic E-state index is 12.7. The second kappa shape index (κ2) is 8.26. The molecule has 1 unspecified atom stereocenters. The molecule has 3 rings (SSSR count). The van der Waals surface area contributed by atoms with Crippen LogP contribution in [-0.4, -0.2) is 20.9 Å². The number of amides is 1. The summed E-state index contributed by atoms with van der Waals surface area (Å²) in [5, 5.41) is 2.72. The van der Waals surface area contributed by atoms with Gasteiger partial charge in [0.1, 0.15) is 28.8 Å². The van der Waals surface area contributed by atoms with Crippen molar-refractivity contribution in [3.63, 3.8) is 0 Å². The van der Waals surface area contributed by atoms with Gasteiger partial charge < -0.3 is 10.1 Å². The topological polar surface area (TPSA) is 77.0 Å². The van der Waals surface area contributed by atoms with Gasteiger partial charge in [-0.2, -0.15) is 13.2 Å². The van der Waals surface area contributed by atoms with Gasteiger partial charge in [-0.25, -0.2) is 9.97 Å². The number of nitrogens with zero attached hydrogens (tertiary/aromatic N) is 3. The zero-order valence-corrected chi connectivity index (χ0v) is 15.6. The Morgan fingerprint density at radius 2 is 1.72 bits per heavy atom. The molecule has 1 N–H and O–H groups in total. The Bertz CT molecular complexity index is 1010. The van der Waals surface area contributed by atoms with E-state index in [1.54, 1.807) is 50.4 Å². The van der Waals surface area contributed by atoms with Crippen molar-refractivity contribution in [1.29, 1.82) is 0 Å². The molecule has 1 atom stereocenters. The molecule has 0 spiro atoms. The summed E-state index contributed by atoms with van der Waals surface area (Å²) in [7, 11) is 0. The number of benzene rings is 1. The highest BCUT2D eigenvalue weighted by atomic mass is 19.4. The number of rotatable bonds is 5. The van der Waals surface area contributed by atoms with E-state index < -0.39 is 17.8 Å². The van der Waals surface area contributed by atoms with E-state index in [-0.39, 0.29) is 11.7 Å². The van der Waals surface area contributed by atoms with Crippen LogP contribution in [0.25, 0.3) is 0 Å². The molecule has 0 fully saturated rings. The van der Waals surface area contributed by atoms with E-state index in [4.69, 9.17) is 4.74 Å². The summed E-state index contributed by atoms with van der Waals surface area (Å²) < 4.78 is 43.7. The van der Waals surface area contributed by atoms with Gasteiger partial charge in [0, 0.05) is 18.5 Å². The Labute approximate surface area is 164 Å². The molecule has 2 aromatic heterocycles. The molecule has 29 heavy (non-hydrogen) atoms. The van der Waals surface area contributed by atoms with Crippen molar-refractivity contribution in [3.05, 3.63) is 71.9 Å². The minimum Gasteiger partial charge on any atom is -0.457 e. The molecule has 0 aliphatic rings. The number of nitrogens with one attached hydrogen (secondary N) is 1. The largest absolute Gasteiger partial charge is 0.457 e. The molecule has 0 saturated carbocycles. The minimum absolute atomic E-state index is 0.0185. The highest BCUT2D eigenvalue weighted by molar-refractivity contribution is 5.94. The van der Waals surface area contributed by atoms with E-state index in [0.29, 0.717) is 23.0 Å². The van der Waals surface area contributed by atoms with E-state index in [1.807, 2.05) is 0 Å². The number of aromatic nitrogens is 3. The van der Waals surface area contributed by atoms with E-state index in [9.17, 15) is 18.0 Å². The van der Waals surface area contributed by atoms with Crippen LogP contribution in [0, 0.1) is 6.92 Å². The minimum atomic E-state index is -4.55. The maximum Gasteiger partial charge on any atom is 0.433 e. The summed E-state index contributed by atoms with van der Waals surface area (Å²) >= 11 is 0. The van der Waals surface area contributed by atoms with Crippen LogP contribution in [0.4, 0.5) is 19.0 Å². The first-order valence-electron chi connectivity index (χ1n) is 8.64. The molecular weight excluding hydrogens is 385 g/mol. The first-order valence-corrected chi connectivity index (χ1v) is 8.64. The molecule has 150 valence electrons. The van der Waals surface area contributed by atoms with Crippen molar-refractivity contribution < 1.29 is 22.7 Å². The Balaban J connectivity index is 1.67. The first-order chi connectivity index (χ1) is 13.7. The van der Waals surface area contributed by atoms with Gasteiger partial charge in [-0.05, 0) is 43.7 Å². The van der Waals surface area contributed by atoms with Gasteiger partial charge in [-0.3, -0.25) is 9.78 Å². The third kappa shape index (κ3) is 5.28. The highest BCUT2D eigenvalue weighted by Crippen LogP contribution is 2.31. The molecule has 0 aliphatic carbocycles. The van der Waals surface area contributed by atoms with Crippen molar-refractivity contribution in [1.82, 2.24) is 15.0 Å². The number of alkyl halides is 3. The summed E-state index contributed by atoms with van der Waals surface area (Å²) in [6, 6.07) is 10.3. The van der Waals surface area contributed by atoms with Crippen LogP contribution < -0.4 is 10.1 Å². The number of hydrogen-bond donors (Lipinski definition) is 1. The van der Waals surface area contributed by atoms with Crippen LogP contribution in [0.1, 0.15) is 29.9 Å². The number of halogens is 3. The summed E-state index contributed by atoms with van der Waals surface area (Å²) in [5.74, 6) is 0.587. The van der Waals surface area contributed by atoms with E-state index in [1.165, 1.54) is 6.07 Å². The molecule has 1 amide bonds. The average molecular weight is 402 g/mol. The highest BCUT2D eigenvalue weighted by Gasteiger charge is 2.32. The van der Waals surface area contributed by atoms with Crippen LogP contribution in [0.2, 0.25) is 0 Å². The van der Waals surface area contributed by atoms with Crippen LogP contribution in [-0.2, 0) is 11.0 Å². The molecule has 2 heterocycles. The fourth-order valence-electron chi connectivity index (χ4n) is 2.50. The fourth-order valence-corrected chi connectivity index (χ4v) is 2.50. The van der Waals surface area contributed by atoms with Crippen LogP contribution in [0.5, 0.6) is 11.5 Å². The zero-order valence-electron chi connectivity index (χ0n) is 15.6. The number of pyridine rings is 1. The van der Waals surface area contributed by atoms with Gasteiger partial charge in [0.05, 0.1) is 5.92 Å². The molecule has 0 saturated heterocycles. The third-order valence-corrected chi connectivity index (χ3v) is 4.06. The normalized spacial score (nSPS) is 12.3. The second-order valence-corrected chi connectivity index (χ2v) is 6.25. The lowest BCUT2D eigenvalue weighted by Gasteiger charge is -2.13. The van der Waals surface area contributed by atoms with Gasteiger partial charge in [-0.1, -0.05) is 12.1 Å². The lowest BCUT2D eigenvalue weighted by Crippen LogP contribution is -2.19. The number of aryl methyl sites for hydroxylation is 1. The number of ether oxygens (including phenoxy) is 1. The number of hydrogen-bond acceptors (Lipinski definition) is 5. The van der Waals surface area contributed by atoms with Crippen LogP contribution in [0.3, 0.4) is 0 Å². The van der Waals surface area contributed by atoms with Gasteiger partial charge in [0.15, 0.2) is 0 Å². The van der Waals surface area contributed by atoms with Gasteiger partial charge >= 0.3 is 6.18 Å². The first kappa shape index (κ1) is 20.2. The lowest BCUT2D eigenvalue weighted by molar-refractivity contribution is -0.141. The molecule has 3 aromatic rings. The molecule has 6 nitrogen and oxygen atoms in total. The van der Waals surface area contributed by atoms with Gasteiger partial charge in [-0.15, -0.1) is 0 Å². The fraction of sp³-hybridized carbons (Fsp3) is 0.200. The van der Waals surface area contributed by atoms with Gasteiger partial charge in [0.2, 0.25) is 5.91 Å². The second-order valence-electron chi connectivity index (χ2n) is 6.25. The van der Waals surface area contributed by atoms with Gasteiger partial charge in [0.25, 0.3) is 0 Å². The van der Waals surface area contributed by atoms with Crippen molar-refractivity contribution >= 4 is 11.7 Å². The maximum absolute atomic E-state index is 12.7. The zero-order chi connectivity index (χ0) is 21.0. The monoisotopic (exact) mass is 402 g/mol. The molecule has 0 radical (unpaired) electrons. The summed E-state index contributed by atoms with van der Waals surface area (Å²) in [6.45, 7) is 3.45. The molecular formula is C20H17F3N4O2. The summed E-state index contributed by atoms with van der Waals surface area (Å²) in [4.78, 5) is 23.8. The standard InChI is InChI=1S/C20H17F3N4O2/c1-12(19(28)27-18-8-10-24-13(2)26-18)14-3-5-15(6-4-14)29-16-7-9-25-17(11-16)20(21,22)23/h3-12H,1-2H3,(H,24,26,27,28). The molecule has 1 aromatic carbocycles. The quantitative estimate of drug-likeness (QED) is 0.667. The Morgan fingerprint density at radius 1 is 1.03 bits per heavy atom. The van der Waals surface area contributed by atoms with Crippen molar-refractivity contribution in [2.45, 2.75) is 25.9 Å². The number of carbonyl (C=O) groups excluding carboxylic acids is 1. The molecule has 0 aliphatic heterocycles. The predicted octanol–water partition coefficient (Wildman–Crippen LogP) is 4.73. The number of carbonyl (C=O) groups is 1. The summed E-state index contributed by atoms with van der Waals surface area (Å²) in [6.07, 6.45) is -1.96. The summed E-state index contributed by atoms with van der Waals surface area (Å²) in [5.41, 5.74) is -0.316. The van der Waals surface area contributed by atoms with E-state index in [0.717, 1.165) is 12.3 Å². The number of anilines is 1. The average Bonchev–Trinajstić information content (AvgIpc) is 2.67. The van der Waals surface area contributed by atoms with Crippen LogP contribution in [0.15, 0.2) is 54.9 Å². The van der Waals surface area contributed by atoms with E-state index in [2.05, 4.69) is 20.3 Å². The molecule has 9 heteroatoms. The lowest BCUT2D eigenvalue weighted by atomic mass is 10.0. The van der Waals surface area contributed by atoms with Crippen LogP contribution >= 0.6 is 0 Å². The smallest absolute Gasteiger partial charge is 0.433 e. The SMILES string of the molecule is Cc1nccc(NC(=O)C(C)c2ccc(Oc3ccnc(C(F)(F)F)c3)cc2)n1. The van der Waals surface area contributed by atoms with E-state index >= 15 is 0 Å². The predicted molar refractivity (Wildman–Crippen MR) is 99.6 cm³/mol. The Kier molecular flexibility index (Phi) is 5.76. The van der Waals surface area contributed by atoms with Crippen molar-refractivity contribution in [2.75, 3.05) is 5.32 Å². The Morgan fingerprint density at radius 3 is 2.38 bits per heavy atom. The third-order valence-electron chi connectivity index (χ3n) is 4.06.